The molecule has 1 atom stereocenters. The Bertz CT molecular complexity index is 1300. The molecule has 0 fully saturated rings. The molecule has 4 aromatic carbocycles. The van der Waals surface area contributed by atoms with Gasteiger partial charge in [-0.2, -0.15) is 0 Å². The molecule has 1 heterocycles. The van der Waals surface area contributed by atoms with Crippen LogP contribution in [-0.2, 0) is 13.0 Å². The van der Waals surface area contributed by atoms with Crippen LogP contribution < -0.4 is 10.1 Å². The molecule has 5 rings (SSSR count). The van der Waals surface area contributed by atoms with Crippen LogP contribution >= 0.6 is 0 Å². The molecule has 1 N–H and O–H groups in total. The second kappa shape index (κ2) is 11.2. The summed E-state index contributed by atoms with van der Waals surface area (Å²) >= 11 is 0. The SMILES string of the molecule is CC(NCCN1CCc2cc(OCc3ccccc3-c3ccccc3)ccc2C1=O)c1ccccc1. The predicted molar refractivity (Wildman–Crippen MR) is 145 cm³/mol. The van der Waals surface area contributed by atoms with Gasteiger partial charge in [-0.3, -0.25) is 4.79 Å². The van der Waals surface area contributed by atoms with Crippen molar-refractivity contribution in [3.05, 3.63) is 125 Å². The minimum absolute atomic E-state index is 0.103. The van der Waals surface area contributed by atoms with E-state index in [-0.39, 0.29) is 11.9 Å². The lowest BCUT2D eigenvalue weighted by molar-refractivity contribution is 0.0740. The van der Waals surface area contributed by atoms with Crippen molar-refractivity contribution in [3.8, 4) is 16.9 Å². The quantitative estimate of drug-likeness (QED) is 0.309. The highest BCUT2D eigenvalue weighted by atomic mass is 16.5. The van der Waals surface area contributed by atoms with Gasteiger partial charge in [0.25, 0.3) is 5.91 Å². The smallest absolute Gasteiger partial charge is 0.254 e. The number of nitrogens with one attached hydrogen (secondary N) is 1. The Hall–Kier alpha value is -3.89. The lowest BCUT2D eigenvalue weighted by Gasteiger charge is -2.29. The third kappa shape index (κ3) is 5.50. The van der Waals surface area contributed by atoms with Crippen LogP contribution in [0.15, 0.2) is 103 Å². The molecule has 0 aromatic heterocycles. The van der Waals surface area contributed by atoms with E-state index in [2.05, 4.69) is 79.0 Å². The number of fused-ring (bicyclic) bond motifs is 1. The van der Waals surface area contributed by atoms with E-state index in [1.54, 1.807) is 0 Å². The van der Waals surface area contributed by atoms with Crippen LogP contribution in [0.25, 0.3) is 11.1 Å². The highest BCUT2D eigenvalue weighted by Gasteiger charge is 2.24. The summed E-state index contributed by atoms with van der Waals surface area (Å²) in [7, 11) is 0. The van der Waals surface area contributed by atoms with Crippen LogP contribution in [0, 0.1) is 0 Å². The molecule has 0 bridgehead atoms. The maximum atomic E-state index is 13.1. The van der Waals surface area contributed by atoms with E-state index in [1.165, 1.54) is 16.7 Å². The summed E-state index contributed by atoms with van der Waals surface area (Å²) in [5.41, 5.74) is 6.61. The number of carbonyl (C=O) groups excluding carboxylic acids is 1. The Morgan fingerprint density at radius 2 is 1.58 bits per heavy atom. The third-order valence-electron chi connectivity index (χ3n) is 6.87. The molecule has 0 aliphatic carbocycles. The maximum absolute atomic E-state index is 13.1. The first-order valence-corrected chi connectivity index (χ1v) is 12.7. The summed E-state index contributed by atoms with van der Waals surface area (Å²) in [4.78, 5) is 15.1. The number of carbonyl (C=O) groups is 1. The highest BCUT2D eigenvalue weighted by Crippen LogP contribution is 2.27. The van der Waals surface area contributed by atoms with Gasteiger partial charge in [0.1, 0.15) is 12.4 Å². The fourth-order valence-corrected chi connectivity index (χ4v) is 4.80. The Kier molecular flexibility index (Phi) is 7.44. The first-order valence-electron chi connectivity index (χ1n) is 12.7. The Morgan fingerprint density at radius 1 is 0.861 bits per heavy atom. The molecule has 1 aliphatic rings. The maximum Gasteiger partial charge on any atom is 0.254 e. The van der Waals surface area contributed by atoms with Gasteiger partial charge in [0, 0.05) is 31.2 Å². The first kappa shape index (κ1) is 23.8. The van der Waals surface area contributed by atoms with Crippen molar-refractivity contribution in [1.82, 2.24) is 10.2 Å². The molecule has 0 saturated heterocycles. The molecule has 0 spiro atoms. The van der Waals surface area contributed by atoms with Crippen molar-refractivity contribution in [2.24, 2.45) is 0 Å². The van der Waals surface area contributed by atoms with Crippen LogP contribution in [-0.4, -0.2) is 30.4 Å². The average Bonchev–Trinajstić information content (AvgIpc) is 2.94. The van der Waals surface area contributed by atoms with Gasteiger partial charge in [0.2, 0.25) is 0 Å². The Balaban J connectivity index is 1.19. The van der Waals surface area contributed by atoms with E-state index in [9.17, 15) is 4.79 Å². The molecule has 36 heavy (non-hydrogen) atoms. The van der Waals surface area contributed by atoms with E-state index in [4.69, 9.17) is 4.74 Å². The molecular formula is C32H32N2O2. The van der Waals surface area contributed by atoms with Gasteiger partial charge < -0.3 is 15.0 Å². The molecule has 182 valence electrons. The largest absolute Gasteiger partial charge is 0.489 e. The number of ether oxygens (including phenoxy) is 1. The second-order valence-electron chi connectivity index (χ2n) is 9.26. The van der Waals surface area contributed by atoms with Gasteiger partial charge >= 0.3 is 0 Å². The highest BCUT2D eigenvalue weighted by molar-refractivity contribution is 5.97. The molecular weight excluding hydrogens is 444 g/mol. The van der Waals surface area contributed by atoms with Crippen molar-refractivity contribution in [2.45, 2.75) is 26.0 Å². The fourth-order valence-electron chi connectivity index (χ4n) is 4.80. The van der Waals surface area contributed by atoms with Crippen LogP contribution in [0.1, 0.15) is 40.0 Å². The predicted octanol–water partition coefficient (Wildman–Crippen LogP) is 6.28. The standard InChI is InChI=1S/C32H32N2O2/c1-24(25-10-4-2-5-11-25)33-19-21-34-20-18-27-22-29(16-17-31(27)32(34)35)36-23-28-14-8-9-15-30(28)26-12-6-3-7-13-26/h2-17,22,24,33H,18-21,23H2,1H3. The van der Waals surface area contributed by atoms with Crippen molar-refractivity contribution in [3.63, 3.8) is 0 Å². The lowest BCUT2D eigenvalue weighted by atomic mass is 9.98. The molecule has 0 radical (unpaired) electrons. The zero-order valence-electron chi connectivity index (χ0n) is 20.7. The molecule has 1 aliphatic heterocycles. The molecule has 4 heteroatoms. The molecule has 1 amide bonds. The number of amides is 1. The van der Waals surface area contributed by atoms with Gasteiger partial charge in [-0.25, -0.2) is 0 Å². The summed E-state index contributed by atoms with van der Waals surface area (Å²) in [6.45, 7) is 4.83. The van der Waals surface area contributed by atoms with Crippen molar-refractivity contribution < 1.29 is 9.53 Å². The van der Waals surface area contributed by atoms with Crippen LogP contribution in [0.5, 0.6) is 5.75 Å². The van der Waals surface area contributed by atoms with Crippen molar-refractivity contribution in [2.75, 3.05) is 19.6 Å². The van der Waals surface area contributed by atoms with Crippen LogP contribution in [0.3, 0.4) is 0 Å². The summed E-state index contributed by atoms with van der Waals surface area (Å²) < 4.78 is 6.18. The first-order chi connectivity index (χ1) is 17.7. The third-order valence-corrected chi connectivity index (χ3v) is 6.87. The topological polar surface area (TPSA) is 41.6 Å². The number of rotatable bonds is 9. The van der Waals surface area contributed by atoms with Gasteiger partial charge in [-0.15, -0.1) is 0 Å². The number of nitrogens with zero attached hydrogens (tertiary/aromatic N) is 1. The van der Waals surface area contributed by atoms with Gasteiger partial charge in [0.05, 0.1) is 0 Å². The molecule has 0 saturated carbocycles. The normalized spacial score (nSPS) is 13.8. The van der Waals surface area contributed by atoms with Gasteiger partial charge in [-0.05, 0) is 59.4 Å². The van der Waals surface area contributed by atoms with Gasteiger partial charge in [-0.1, -0.05) is 84.9 Å². The minimum atomic E-state index is 0.103. The van der Waals surface area contributed by atoms with E-state index in [1.807, 2.05) is 41.3 Å². The fraction of sp³-hybridized carbons (Fsp3) is 0.219. The van der Waals surface area contributed by atoms with E-state index in [0.29, 0.717) is 13.2 Å². The monoisotopic (exact) mass is 476 g/mol. The van der Waals surface area contributed by atoms with Gasteiger partial charge in [0.15, 0.2) is 0 Å². The van der Waals surface area contributed by atoms with Crippen LogP contribution in [0.4, 0.5) is 0 Å². The van der Waals surface area contributed by atoms with Crippen molar-refractivity contribution in [1.29, 1.82) is 0 Å². The summed E-state index contributed by atoms with van der Waals surface area (Å²) in [6.07, 6.45) is 0.840. The summed E-state index contributed by atoms with van der Waals surface area (Å²) in [5, 5.41) is 3.53. The van der Waals surface area contributed by atoms with Crippen LogP contribution in [0.2, 0.25) is 0 Å². The lowest BCUT2D eigenvalue weighted by Crippen LogP contribution is -2.41. The second-order valence-corrected chi connectivity index (χ2v) is 9.26. The van der Waals surface area contributed by atoms with E-state index < -0.39 is 0 Å². The number of hydrogen-bond acceptors (Lipinski definition) is 3. The summed E-state index contributed by atoms with van der Waals surface area (Å²) in [5.74, 6) is 0.905. The van der Waals surface area contributed by atoms with E-state index in [0.717, 1.165) is 42.0 Å². The summed E-state index contributed by atoms with van der Waals surface area (Å²) in [6, 6.07) is 35.2. The molecule has 4 aromatic rings. The molecule has 4 nitrogen and oxygen atoms in total. The number of benzene rings is 4. The Morgan fingerprint density at radius 3 is 2.39 bits per heavy atom. The zero-order chi connectivity index (χ0) is 24.7. The Labute approximate surface area is 213 Å². The molecule has 1 unspecified atom stereocenters. The minimum Gasteiger partial charge on any atom is -0.489 e. The van der Waals surface area contributed by atoms with Crippen molar-refractivity contribution >= 4 is 5.91 Å². The van der Waals surface area contributed by atoms with E-state index >= 15 is 0 Å². The zero-order valence-corrected chi connectivity index (χ0v) is 20.7. The number of hydrogen-bond donors (Lipinski definition) is 1. The average molecular weight is 477 g/mol.